The highest BCUT2D eigenvalue weighted by Crippen LogP contribution is 2.25. The quantitative estimate of drug-likeness (QED) is 0.552. The fourth-order valence-electron chi connectivity index (χ4n) is 2.86. The molecule has 142 valence electrons. The average Bonchev–Trinajstić information content (AvgIpc) is 3.22. The molecule has 28 heavy (non-hydrogen) atoms. The summed E-state index contributed by atoms with van der Waals surface area (Å²) in [6, 6.07) is 11.6. The second kappa shape index (κ2) is 7.47. The van der Waals surface area contributed by atoms with E-state index < -0.39 is 5.82 Å². The van der Waals surface area contributed by atoms with Crippen LogP contribution in [0, 0.1) is 18.6 Å². The Kier molecular flexibility index (Phi) is 4.87. The third-order valence-corrected chi connectivity index (χ3v) is 5.53. The van der Waals surface area contributed by atoms with Crippen LogP contribution in [0.2, 0.25) is 0 Å². The van der Waals surface area contributed by atoms with E-state index in [4.69, 9.17) is 0 Å². The zero-order valence-electron chi connectivity index (χ0n) is 14.9. The summed E-state index contributed by atoms with van der Waals surface area (Å²) >= 11 is 1.50. The number of aromatic nitrogens is 3. The first-order valence-electron chi connectivity index (χ1n) is 8.66. The molecule has 0 spiro atoms. The number of aryl methyl sites for hydroxylation is 1. The number of hydrogen-bond donors (Lipinski definition) is 1. The van der Waals surface area contributed by atoms with Gasteiger partial charge < -0.3 is 5.32 Å². The Hall–Kier alpha value is -3.13. The number of carbonyl (C=O) groups is 1. The Labute approximate surface area is 163 Å². The summed E-state index contributed by atoms with van der Waals surface area (Å²) in [6.07, 6.45) is 0.620. The molecule has 4 rings (SSSR count). The predicted octanol–water partition coefficient (Wildman–Crippen LogP) is 4.02. The zero-order valence-corrected chi connectivity index (χ0v) is 15.8. The van der Waals surface area contributed by atoms with Gasteiger partial charge >= 0.3 is 0 Å². The number of benzene rings is 2. The number of nitrogens with one attached hydrogen (secondary N) is 1. The Morgan fingerprint density at radius 1 is 1.14 bits per heavy atom. The van der Waals surface area contributed by atoms with Gasteiger partial charge in [-0.1, -0.05) is 17.4 Å². The van der Waals surface area contributed by atoms with Crippen molar-refractivity contribution >= 4 is 22.2 Å². The molecule has 0 saturated heterocycles. The maximum Gasteiger partial charge on any atom is 0.251 e. The summed E-state index contributed by atoms with van der Waals surface area (Å²) in [5.41, 5.74) is 1.99. The maximum absolute atomic E-state index is 13.2. The van der Waals surface area contributed by atoms with E-state index in [1.165, 1.54) is 41.7 Å². The molecule has 2 heterocycles. The highest BCUT2D eigenvalue weighted by molar-refractivity contribution is 7.17. The lowest BCUT2D eigenvalue weighted by Crippen LogP contribution is -2.25. The molecule has 0 fully saturated rings. The summed E-state index contributed by atoms with van der Waals surface area (Å²) in [5.74, 6) is -0.509. The summed E-state index contributed by atoms with van der Waals surface area (Å²) in [4.78, 5) is 18.4. The third-order valence-electron chi connectivity index (χ3n) is 4.34. The molecule has 0 aliphatic carbocycles. The summed E-state index contributed by atoms with van der Waals surface area (Å²) < 4.78 is 28.0. The molecule has 1 N–H and O–H groups in total. The molecule has 8 heteroatoms. The predicted molar refractivity (Wildman–Crippen MR) is 103 cm³/mol. The van der Waals surface area contributed by atoms with Gasteiger partial charge in [0.2, 0.25) is 4.96 Å². The fraction of sp³-hybridized carbons (Fsp3) is 0.150. The van der Waals surface area contributed by atoms with Crippen molar-refractivity contribution in [2.24, 2.45) is 0 Å². The van der Waals surface area contributed by atoms with Crippen LogP contribution in [0.25, 0.3) is 16.3 Å². The molecule has 0 unspecified atom stereocenters. The minimum absolute atomic E-state index is 0.295. The minimum Gasteiger partial charge on any atom is -0.352 e. The van der Waals surface area contributed by atoms with Gasteiger partial charge in [-0.2, -0.15) is 4.98 Å². The number of thiazole rings is 1. The van der Waals surface area contributed by atoms with E-state index in [0.29, 0.717) is 24.4 Å². The number of carbonyl (C=O) groups excluding carboxylic acids is 1. The number of nitrogens with zero attached hydrogens (tertiary/aromatic N) is 3. The molecule has 0 atom stereocenters. The minimum atomic E-state index is -0.439. The molecule has 2 aromatic carbocycles. The Bertz CT molecular complexity index is 1150. The number of halogens is 2. The van der Waals surface area contributed by atoms with Gasteiger partial charge in [0.05, 0.1) is 5.69 Å². The van der Waals surface area contributed by atoms with Gasteiger partial charge in [0.25, 0.3) is 5.91 Å². The molecular formula is C20H16F2N4OS. The van der Waals surface area contributed by atoms with Gasteiger partial charge in [0.15, 0.2) is 5.82 Å². The van der Waals surface area contributed by atoms with E-state index in [1.54, 1.807) is 22.7 Å². The second-order valence-corrected chi connectivity index (χ2v) is 7.33. The summed E-state index contributed by atoms with van der Waals surface area (Å²) in [5, 5.41) is 7.29. The lowest BCUT2D eigenvalue weighted by molar-refractivity contribution is 0.0953. The first kappa shape index (κ1) is 18.2. The highest BCUT2D eigenvalue weighted by atomic mass is 32.1. The van der Waals surface area contributed by atoms with Crippen LogP contribution < -0.4 is 5.32 Å². The lowest BCUT2D eigenvalue weighted by atomic mass is 10.2. The van der Waals surface area contributed by atoms with E-state index in [2.05, 4.69) is 15.4 Å². The van der Waals surface area contributed by atoms with Crippen molar-refractivity contribution in [3.8, 4) is 11.4 Å². The van der Waals surface area contributed by atoms with Crippen LogP contribution in [-0.4, -0.2) is 27.0 Å². The van der Waals surface area contributed by atoms with Crippen LogP contribution in [0.1, 0.15) is 20.9 Å². The van der Waals surface area contributed by atoms with E-state index in [-0.39, 0.29) is 11.7 Å². The number of fused-ring (bicyclic) bond motifs is 1. The van der Waals surface area contributed by atoms with E-state index in [0.717, 1.165) is 21.1 Å². The largest absolute Gasteiger partial charge is 0.352 e. The maximum atomic E-state index is 13.2. The highest BCUT2D eigenvalue weighted by Gasteiger charge is 2.15. The normalized spacial score (nSPS) is 11.1. The molecule has 1 amide bonds. The van der Waals surface area contributed by atoms with Crippen LogP contribution >= 0.6 is 11.3 Å². The van der Waals surface area contributed by atoms with Crippen molar-refractivity contribution in [3.63, 3.8) is 0 Å². The van der Waals surface area contributed by atoms with Crippen molar-refractivity contribution in [2.45, 2.75) is 13.3 Å². The molecule has 4 aromatic rings. The van der Waals surface area contributed by atoms with Crippen LogP contribution in [0.5, 0.6) is 0 Å². The monoisotopic (exact) mass is 398 g/mol. The molecule has 0 aliphatic rings. The SMILES string of the molecule is Cc1c(CCNC(=O)c2cccc(F)c2)sc2nc(-c3ccc(F)cc3)nn12. The van der Waals surface area contributed by atoms with Crippen molar-refractivity contribution in [3.05, 3.63) is 76.3 Å². The zero-order chi connectivity index (χ0) is 19.7. The van der Waals surface area contributed by atoms with E-state index >= 15 is 0 Å². The number of rotatable bonds is 5. The second-order valence-electron chi connectivity index (χ2n) is 6.26. The van der Waals surface area contributed by atoms with E-state index in [1.807, 2.05) is 6.92 Å². The molecule has 0 radical (unpaired) electrons. The van der Waals surface area contributed by atoms with Crippen LogP contribution in [0.3, 0.4) is 0 Å². The summed E-state index contributed by atoms with van der Waals surface area (Å²) in [7, 11) is 0. The molecule has 0 saturated carbocycles. The van der Waals surface area contributed by atoms with Gasteiger partial charge in [0, 0.05) is 29.0 Å². The van der Waals surface area contributed by atoms with Gasteiger partial charge in [-0.25, -0.2) is 13.3 Å². The lowest BCUT2D eigenvalue weighted by Gasteiger charge is -2.05. The van der Waals surface area contributed by atoms with Crippen LogP contribution in [0.4, 0.5) is 8.78 Å². The first-order valence-corrected chi connectivity index (χ1v) is 9.47. The topological polar surface area (TPSA) is 59.3 Å². The summed E-state index contributed by atoms with van der Waals surface area (Å²) in [6.45, 7) is 2.36. The van der Waals surface area contributed by atoms with E-state index in [9.17, 15) is 13.6 Å². The van der Waals surface area contributed by atoms with Gasteiger partial charge in [-0.3, -0.25) is 4.79 Å². The number of hydrogen-bond acceptors (Lipinski definition) is 4. The fourth-order valence-corrected chi connectivity index (χ4v) is 3.91. The Morgan fingerprint density at radius 2 is 1.93 bits per heavy atom. The Balaban J connectivity index is 1.45. The molecule has 5 nitrogen and oxygen atoms in total. The third kappa shape index (κ3) is 3.63. The molecule has 2 aromatic heterocycles. The molecular weight excluding hydrogens is 382 g/mol. The van der Waals surface area contributed by atoms with Crippen LogP contribution in [-0.2, 0) is 6.42 Å². The Morgan fingerprint density at radius 3 is 2.64 bits per heavy atom. The van der Waals surface area contributed by atoms with Crippen molar-refractivity contribution in [1.29, 1.82) is 0 Å². The van der Waals surface area contributed by atoms with Gasteiger partial charge in [0.1, 0.15) is 11.6 Å². The first-order chi connectivity index (χ1) is 13.5. The number of amides is 1. The van der Waals surface area contributed by atoms with Crippen molar-refractivity contribution < 1.29 is 13.6 Å². The van der Waals surface area contributed by atoms with Crippen molar-refractivity contribution in [1.82, 2.24) is 19.9 Å². The average molecular weight is 398 g/mol. The van der Waals surface area contributed by atoms with Gasteiger partial charge in [-0.05, 0) is 49.4 Å². The molecule has 0 bridgehead atoms. The molecule has 0 aliphatic heterocycles. The van der Waals surface area contributed by atoms with Gasteiger partial charge in [-0.15, -0.1) is 5.10 Å². The van der Waals surface area contributed by atoms with Crippen LogP contribution in [0.15, 0.2) is 48.5 Å². The van der Waals surface area contributed by atoms with Crippen molar-refractivity contribution in [2.75, 3.05) is 6.54 Å². The standard InChI is InChI=1S/C20H16F2N4OS/c1-12-17(9-10-23-19(27)14-3-2-4-16(22)11-14)28-20-24-18(25-26(12)20)13-5-7-15(21)8-6-13/h2-8,11H,9-10H2,1H3,(H,23,27). The smallest absolute Gasteiger partial charge is 0.251 e.